The van der Waals surface area contributed by atoms with E-state index >= 15 is 0 Å². The van der Waals surface area contributed by atoms with Crippen LogP contribution in [0.25, 0.3) is 0 Å². The number of sulfonamides is 1. The maximum atomic E-state index is 13.5. The SMILES string of the molecule is Cc1ccc(C)c(Sc2ccc([N+](=O)[O-])cc2S(=O)(=O)N2CCCN(C)CC2)c1. The lowest BCUT2D eigenvalue weighted by atomic mass is 10.2. The summed E-state index contributed by atoms with van der Waals surface area (Å²) in [5.74, 6) is 0. The Kier molecular flexibility index (Phi) is 6.62. The van der Waals surface area contributed by atoms with Crippen LogP contribution in [0.15, 0.2) is 51.1 Å². The molecule has 3 rings (SSSR count). The van der Waals surface area contributed by atoms with E-state index in [-0.39, 0.29) is 10.6 Å². The number of rotatable bonds is 5. The van der Waals surface area contributed by atoms with Gasteiger partial charge in [-0.05, 0) is 57.1 Å². The van der Waals surface area contributed by atoms with Crippen molar-refractivity contribution >= 4 is 27.5 Å². The third kappa shape index (κ3) is 4.98. The summed E-state index contributed by atoms with van der Waals surface area (Å²) in [6.45, 7) is 6.17. The van der Waals surface area contributed by atoms with Gasteiger partial charge in [-0.3, -0.25) is 10.1 Å². The number of hydrogen-bond donors (Lipinski definition) is 0. The highest BCUT2D eigenvalue weighted by Crippen LogP contribution is 2.38. The fourth-order valence-corrected chi connectivity index (χ4v) is 6.24. The molecule has 0 atom stereocenters. The molecule has 2 aromatic rings. The Morgan fingerprint density at radius 3 is 2.48 bits per heavy atom. The van der Waals surface area contributed by atoms with Crippen molar-refractivity contribution in [3.05, 3.63) is 57.6 Å². The van der Waals surface area contributed by atoms with Gasteiger partial charge in [0.2, 0.25) is 10.0 Å². The number of aryl methyl sites for hydroxylation is 2. The van der Waals surface area contributed by atoms with Crippen molar-refractivity contribution in [2.45, 2.75) is 35.0 Å². The normalized spacial score (nSPS) is 16.5. The van der Waals surface area contributed by atoms with E-state index < -0.39 is 14.9 Å². The van der Waals surface area contributed by atoms with Gasteiger partial charge < -0.3 is 4.90 Å². The first-order valence-corrected chi connectivity index (χ1v) is 11.7. The number of nitrogens with zero attached hydrogens (tertiary/aromatic N) is 3. The first kappa shape index (κ1) is 21.8. The van der Waals surface area contributed by atoms with Gasteiger partial charge in [0.05, 0.1) is 4.92 Å². The van der Waals surface area contributed by atoms with Gasteiger partial charge in [-0.2, -0.15) is 4.31 Å². The van der Waals surface area contributed by atoms with E-state index in [1.807, 2.05) is 39.1 Å². The van der Waals surface area contributed by atoms with Crippen molar-refractivity contribution in [3.8, 4) is 0 Å². The van der Waals surface area contributed by atoms with E-state index in [4.69, 9.17) is 0 Å². The molecule has 1 aliphatic heterocycles. The molecule has 0 radical (unpaired) electrons. The second kappa shape index (κ2) is 8.83. The molecular weight excluding hydrogens is 410 g/mol. The molecule has 0 amide bonds. The smallest absolute Gasteiger partial charge is 0.270 e. The zero-order valence-corrected chi connectivity index (χ0v) is 18.4. The molecule has 1 fully saturated rings. The summed E-state index contributed by atoms with van der Waals surface area (Å²) in [6, 6.07) is 10.1. The quantitative estimate of drug-likeness (QED) is 0.526. The van der Waals surface area contributed by atoms with E-state index in [9.17, 15) is 18.5 Å². The Morgan fingerprint density at radius 2 is 1.76 bits per heavy atom. The van der Waals surface area contributed by atoms with Gasteiger partial charge in [0.25, 0.3) is 5.69 Å². The minimum absolute atomic E-state index is 0.00200. The number of non-ortho nitro benzene ring substituents is 1. The van der Waals surface area contributed by atoms with Crippen molar-refractivity contribution in [2.75, 3.05) is 33.2 Å². The summed E-state index contributed by atoms with van der Waals surface area (Å²) in [6.07, 6.45) is 0.726. The van der Waals surface area contributed by atoms with Crippen LogP contribution in [0.4, 0.5) is 5.69 Å². The minimum atomic E-state index is -3.86. The molecule has 0 bridgehead atoms. The number of nitro groups is 1. The Bertz CT molecular complexity index is 1020. The van der Waals surface area contributed by atoms with Crippen LogP contribution < -0.4 is 0 Å². The molecular formula is C20H25N3O4S2. The van der Waals surface area contributed by atoms with Crippen LogP contribution >= 0.6 is 11.8 Å². The van der Waals surface area contributed by atoms with E-state index in [1.165, 1.54) is 28.2 Å². The van der Waals surface area contributed by atoms with Gasteiger partial charge in [-0.25, -0.2) is 8.42 Å². The molecule has 0 spiro atoms. The summed E-state index contributed by atoms with van der Waals surface area (Å²) in [5.41, 5.74) is 1.87. The molecule has 156 valence electrons. The molecule has 9 heteroatoms. The highest BCUT2D eigenvalue weighted by atomic mass is 32.2. The van der Waals surface area contributed by atoms with Gasteiger partial charge in [-0.15, -0.1) is 0 Å². The lowest BCUT2D eigenvalue weighted by Crippen LogP contribution is -2.34. The van der Waals surface area contributed by atoms with Gasteiger partial charge >= 0.3 is 0 Å². The summed E-state index contributed by atoms with van der Waals surface area (Å²) in [4.78, 5) is 14.3. The topological polar surface area (TPSA) is 83.8 Å². The van der Waals surface area contributed by atoms with Gasteiger partial charge in [0.1, 0.15) is 4.90 Å². The van der Waals surface area contributed by atoms with Gasteiger partial charge in [0, 0.05) is 41.6 Å². The molecule has 1 aliphatic rings. The van der Waals surface area contributed by atoms with E-state index in [0.29, 0.717) is 24.5 Å². The average molecular weight is 436 g/mol. The Labute approximate surface area is 175 Å². The fraction of sp³-hybridized carbons (Fsp3) is 0.400. The average Bonchev–Trinajstić information content (AvgIpc) is 2.89. The van der Waals surface area contributed by atoms with E-state index in [0.717, 1.165) is 29.0 Å². The summed E-state index contributed by atoms with van der Waals surface area (Å²) in [7, 11) is -1.89. The Balaban J connectivity index is 2.06. The molecule has 1 saturated heterocycles. The summed E-state index contributed by atoms with van der Waals surface area (Å²) in [5, 5.41) is 11.3. The highest BCUT2D eigenvalue weighted by molar-refractivity contribution is 8.00. The van der Waals surface area contributed by atoms with Crippen LogP contribution in [0, 0.1) is 24.0 Å². The zero-order valence-electron chi connectivity index (χ0n) is 16.8. The molecule has 2 aromatic carbocycles. The van der Waals surface area contributed by atoms with Crippen molar-refractivity contribution in [3.63, 3.8) is 0 Å². The number of nitro benzene ring substituents is 1. The van der Waals surface area contributed by atoms with Gasteiger partial charge in [-0.1, -0.05) is 23.9 Å². The molecule has 0 unspecified atom stereocenters. The predicted octanol–water partition coefficient (Wildman–Crippen LogP) is 3.69. The Morgan fingerprint density at radius 1 is 1.00 bits per heavy atom. The predicted molar refractivity (Wildman–Crippen MR) is 114 cm³/mol. The fourth-order valence-electron chi connectivity index (χ4n) is 3.23. The lowest BCUT2D eigenvalue weighted by molar-refractivity contribution is -0.385. The van der Waals surface area contributed by atoms with E-state index in [2.05, 4.69) is 4.90 Å². The number of benzene rings is 2. The van der Waals surface area contributed by atoms with Crippen molar-refractivity contribution < 1.29 is 13.3 Å². The molecule has 1 heterocycles. The second-order valence-corrected chi connectivity index (χ2v) is 10.3. The van der Waals surface area contributed by atoms with Crippen LogP contribution in [0.2, 0.25) is 0 Å². The monoisotopic (exact) mass is 435 g/mol. The van der Waals surface area contributed by atoms with Crippen LogP contribution in [0.3, 0.4) is 0 Å². The Hall–Kier alpha value is -1.94. The first-order chi connectivity index (χ1) is 13.7. The molecule has 0 saturated carbocycles. The standard InChI is InChI=1S/C20H25N3O4S2/c1-15-5-6-16(2)19(13-15)28-18-8-7-17(23(24)25)14-20(18)29(26,27)22-10-4-9-21(3)11-12-22/h5-8,13-14H,4,9-12H2,1-3H3. The largest absolute Gasteiger partial charge is 0.305 e. The van der Waals surface area contributed by atoms with Crippen molar-refractivity contribution in [2.24, 2.45) is 0 Å². The molecule has 7 nitrogen and oxygen atoms in total. The number of likely N-dealkylation sites (N-methyl/N-ethyl adjacent to an activating group) is 1. The molecule has 0 aliphatic carbocycles. The minimum Gasteiger partial charge on any atom is -0.305 e. The lowest BCUT2D eigenvalue weighted by Gasteiger charge is -2.22. The molecule has 29 heavy (non-hydrogen) atoms. The van der Waals surface area contributed by atoms with Crippen molar-refractivity contribution in [1.29, 1.82) is 0 Å². The summed E-state index contributed by atoms with van der Waals surface area (Å²) < 4.78 is 28.4. The summed E-state index contributed by atoms with van der Waals surface area (Å²) >= 11 is 1.33. The van der Waals surface area contributed by atoms with E-state index in [1.54, 1.807) is 6.07 Å². The maximum Gasteiger partial charge on any atom is 0.270 e. The number of hydrogen-bond acceptors (Lipinski definition) is 6. The third-order valence-corrected chi connectivity index (χ3v) is 8.30. The third-order valence-electron chi connectivity index (χ3n) is 5.00. The molecule has 0 N–H and O–H groups in total. The van der Waals surface area contributed by atoms with Crippen LogP contribution in [-0.4, -0.2) is 55.8 Å². The second-order valence-electron chi connectivity index (χ2n) is 7.32. The van der Waals surface area contributed by atoms with Crippen LogP contribution in [0.1, 0.15) is 17.5 Å². The first-order valence-electron chi connectivity index (χ1n) is 9.41. The van der Waals surface area contributed by atoms with Gasteiger partial charge in [0.15, 0.2) is 0 Å². The van der Waals surface area contributed by atoms with Crippen LogP contribution in [0.5, 0.6) is 0 Å². The van der Waals surface area contributed by atoms with Crippen molar-refractivity contribution in [1.82, 2.24) is 9.21 Å². The van der Waals surface area contributed by atoms with Crippen LogP contribution in [-0.2, 0) is 10.0 Å². The maximum absolute atomic E-state index is 13.5. The molecule has 0 aromatic heterocycles. The zero-order chi connectivity index (χ0) is 21.2. The highest BCUT2D eigenvalue weighted by Gasteiger charge is 2.30.